The van der Waals surface area contributed by atoms with Gasteiger partial charge in [0.1, 0.15) is 0 Å². The molecule has 0 atom stereocenters. The Morgan fingerprint density at radius 1 is 0.429 bits per heavy atom. The Labute approximate surface area is 104 Å². The molecule has 0 fully saturated rings. The Morgan fingerprint density at radius 2 is 0.714 bits per heavy atom. The van der Waals surface area contributed by atoms with E-state index in [1.54, 1.807) is 0 Å². The zero-order valence-corrected chi connectivity index (χ0v) is 12.1. The molecule has 0 saturated heterocycles. The first-order chi connectivity index (χ1) is 6.00. The van der Waals surface area contributed by atoms with Crippen LogP contribution < -0.4 is 0 Å². The zero-order chi connectivity index (χ0) is 8.49. The molecule has 0 unspecified atom stereocenters. The van der Waals surface area contributed by atoms with Crippen molar-refractivity contribution in [3.05, 3.63) is 52.7 Å². The first-order valence-electron chi connectivity index (χ1n) is 3.61. The average molecular weight is 419 g/mol. The molecule has 0 aromatic carbocycles. The molecule has 2 rings (SSSR count). The number of hydrogen-bond acceptors (Lipinski definition) is 2. The van der Waals surface area contributed by atoms with Gasteiger partial charge in [0.25, 0.3) is 0 Å². The number of rotatable bonds is 0. The van der Waals surface area contributed by atoms with Crippen molar-refractivity contribution in [2.24, 2.45) is 0 Å². The van der Waals surface area contributed by atoms with Gasteiger partial charge in [-0.05, 0) is 0 Å². The van der Waals surface area contributed by atoms with Crippen LogP contribution in [-0.2, 0) is 0 Å². The van der Waals surface area contributed by atoms with Crippen molar-refractivity contribution in [3.8, 4) is 0 Å². The van der Waals surface area contributed by atoms with E-state index < -0.39 is 0 Å². The van der Waals surface area contributed by atoms with Crippen molar-refractivity contribution in [3.63, 3.8) is 0 Å². The third kappa shape index (κ3) is 10.3. The van der Waals surface area contributed by atoms with Crippen LogP contribution in [0.1, 0.15) is 0 Å². The van der Waals surface area contributed by atoms with Crippen LogP contribution in [0.4, 0.5) is 0 Å². The molecule has 0 amide bonds. The van der Waals surface area contributed by atoms with Gasteiger partial charge >= 0.3 is 93.6 Å². The monoisotopic (exact) mass is 424 g/mol. The van der Waals surface area contributed by atoms with Gasteiger partial charge in [-0.15, -0.1) is 0 Å². The molecular weight excluding hydrogens is 407 g/mol. The molecule has 0 saturated carbocycles. The van der Waals surface area contributed by atoms with Gasteiger partial charge in [-0.2, -0.15) is 0 Å². The van der Waals surface area contributed by atoms with Crippen LogP contribution in [0.2, 0.25) is 0 Å². The molecule has 0 aliphatic rings. The molecule has 76 valence electrons. The molecule has 2 nitrogen and oxygen atoms in total. The second kappa shape index (κ2) is 13.2. The predicted octanol–water partition coefficient (Wildman–Crippen LogP) is 1.70. The van der Waals surface area contributed by atoms with E-state index in [9.17, 15) is 0 Å². The van der Waals surface area contributed by atoms with Crippen LogP contribution in [0.5, 0.6) is 0 Å². The Kier molecular flexibility index (Phi) is 15.7. The summed E-state index contributed by atoms with van der Waals surface area (Å²) in [4.78, 5) is 0. The van der Waals surface area contributed by atoms with Crippen molar-refractivity contribution in [1.82, 2.24) is 0 Å². The standard InChI is InChI=1S/2C5H5Te.2H2O/c2*1-2-4-6-5-3-1;;/h2*1-5H;2*1H2/q2*+1;;/p-2. The Morgan fingerprint density at radius 3 is 0.786 bits per heavy atom. The van der Waals surface area contributed by atoms with Gasteiger partial charge in [0.2, 0.25) is 0 Å². The molecule has 2 aromatic rings. The minimum atomic E-state index is 0. The first-order valence-corrected chi connectivity index (χ1v) is 8.99. The van der Waals surface area contributed by atoms with Crippen molar-refractivity contribution in [2.75, 3.05) is 0 Å². The van der Waals surface area contributed by atoms with E-state index in [1.807, 2.05) is 0 Å². The minimum absolute atomic E-state index is 0. The Balaban J connectivity index is 0. The molecule has 4 heteroatoms. The maximum atomic E-state index is 2.26. The van der Waals surface area contributed by atoms with Crippen LogP contribution >= 0.6 is 0 Å². The van der Waals surface area contributed by atoms with E-state index in [0.717, 1.165) is 0 Å². The summed E-state index contributed by atoms with van der Waals surface area (Å²) in [6.45, 7) is 0. The van der Waals surface area contributed by atoms with Gasteiger partial charge in [0, 0.05) is 0 Å². The van der Waals surface area contributed by atoms with E-state index in [1.165, 1.54) is 0 Å². The summed E-state index contributed by atoms with van der Waals surface area (Å²) >= 11 is 0.359. The molecule has 0 aliphatic heterocycles. The topological polar surface area (TPSA) is 60.0 Å². The van der Waals surface area contributed by atoms with Gasteiger partial charge in [-0.3, -0.25) is 0 Å². The van der Waals surface area contributed by atoms with E-state index in [0.29, 0.717) is 0 Å². The third-order valence-electron chi connectivity index (χ3n) is 1.07. The normalized spacial score (nSPS) is 6.86. The van der Waals surface area contributed by atoms with E-state index >= 15 is 0 Å². The zero-order valence-electron chi connectivity index (χ0n) is 7.48. The fourth-order valence-electron chi connectivity index (χ4n) is 0.582. The van der Waals surface area contributed by atoms with Crippen LogP contribution in [0.25, 0.3) is 0 Å². The molecule has 0 aliphatic carbocycles. The van der Waals surface area contributed by atoms with Gasteiger partial charge in [0.15, 0.2) is 0 Å². The van der Waals surface area contributed by atoms with Crippen molar-refractivity contribution in [2.45, 2.75) is 0 Å². The SMILES string of the molecule is [OH-].[OH-].c1cc[te+]cc1.c1cc[te+]cc1. The van der Waals surface area contributed by atoms with Crippen LogP contribution in [0, 0.1) is 0 Å². The van der Waals surface area contributed by atoms with Crippen LogP contribution in [-0.4, -0.2) is 51.8 Å². The third-order valence-corrected chi connectivity index (χ3v) is 4.66. The molecule has 0 spiro atoms. The molecule has 14 heavy (non-hydrogen) atoms. The second-order valence-electron chi connectivity index (χ2n) is 1.97. The first kappa shape index (κ1) is 16.6. The fraction of sp³-hybridized carbons (Fsp3) is 0. The second-order valence-corrected chi connectivity index (χ2v) is 6.63. The average Bonchev–Trinajstić information content (AvgIpc) is 2.24. The molecule has 0 bridgehead atoms. The van der Waals surface area contributed by atoms with Crippen molar-refractivity contribution < 1.29 is 11.0 Å². The summed E-state index contributed by atoms with van der Waals surface area (Å²) in [6.07, 6.45) is 0. The summed E-state index contributed by atoms with van der Waals surface area (Å²) in [6, 6.07) is 12.6. The summed E-state index contributed by atoms with van der Waals surface area (Å²) in [5.41, 5.74) is 0. The molecule has 2 heterocycles. The summed E-state index contributed by atoms with van der Waals surface area (Å²) < 4.78 is 9.02. The number of hydrogen-bond donors (Lipinski definition) is 0. The maximum absolute atomic E-state index is 2.26. The fourth-order valence-corrected chi connectivity index (χ4v) is 3.17. The quantitative estimate of drug-likeness (QED) is 0.611. The Hall–Kier alpha value is 0.199. The van der Waals surface area contributed by atoms with Gasteiger partial charge < -0.3 is 11.0 Å². The summed E-state index contributed by atoms with van der Waals surface area (Å²) in [5.74, 6) is 0. The van der Waals surface area contributed by atoms with Crippen LogP contribution in [0.15, 0.2) is 52.7 Å². The van der Waals surface area contributed by atoms with E-state index in [-0.39, 0.29) is 51.8 Å². The molecule has 2 aromatic heterocycles. The van der Waals surface area contributed by atoms with Gasteiger partial charge in [-0.25, -0.2) is 0 Å². The predicted molar refractivity (Wildman–Crippen MR) is 59.4 cm³/mol. The van der Waals surface area contributed by atoms with Crippen LogP contribution in [0.3, 0.4) is 0 Å². The van der Waals surface area contributed by atoms with E-state index in [4.69, 9.17) is 0 Å². The Bertz CT molecular complexity index is 192. The summed E-state index contributed by atoms with van der Waals surface area (Å²) in [5, 5.41) is 0. The van der Waals surface area contributed by atoms with Crippen molar-refractivity contribution >= 4 is 40.9 Å². The van der Waals surface area contributed by atoms with Crippen molar-refractivity contribution in [1.29, 1.82) is 0 Å². The molecule has 2 N–H and O–H groups in total. The molecule has 0 radical (unpaired) electrons. The summed E-state index contributed by atoms with van der Waals surface area (Å²) in [7, 11) is 0. The van der Waals surface area contributed by atoms with Gasteiger partial charge in [-0.1, -0.05) is 0 Å². The van der Waals surface area contributed by atoms with E-state index in [2.05, 4.69) is 52.7 Å². The molecular formula is C10H12O2Te2. The van der Waals surface area contributed by atoms with Gasteiger partial charge in [0.05, 0.1) is 0 Å².